The number of nitrogens with zero attached hydrogens (tertiary/aromatic N) is 1. The maximum atomic E-state index is 11.4. The molecule has 0 aliphatic rings. The Balaban J connectivity index is 2.37. The van der Waals surface area contributed by atoms with Crippen molar-refractivity contribution in [2.24, 2.45) is 0 Å². The van der Waals surface area contributed by atoms with Crippen molar-refractivity contribution in [3.63, 3.8) is 0 Å². The minimum Gasteiger partial charge on any atom is -0.480 e. The van der Waals surface area contributed by atoms with Crippen LogP contribution in [0.15, 0.2) is 12.1 Å². The normalized spacial score (nSPS) is 9.88. The Bertz CT molecular complexity index is 389. The summed E-state index contributed by atoms with van der Waals surface area (Å²) in [6.07, 6.45) is 0. The summed E-state index contributed by atoms with van der Waals surface area (Å²) in [5, 5.41) is 11.2. The Kier molecular flexibility index (Phi) is 4.30. The van der Waals surface area contributed by atoms with E-state index in [4.69, 9.17) is 5.11 Å². The first kappa shape index (κ1) is 12.5. The molecule has 1 aromatic heterocycles. The molecular weight excluding hydrogens is 228 g/mol. The predicted molar refractivity (Wildman–Crippen MR) is 61.6 cm³/mol. The molecule has 0 spiro atoms. The van der Waals surface area contributed by atoms with E-state index in [2.05, 4.69) is 5.32 Å². The summed E-state index contributed by atoms with van der Waals surface area (Å²) in [7, 11) is 1.45. The number of hydrogen-bond acceptors (Lipinski definition) is 3. The van der Waals surface area contributed by atoms with Crippen molar-refractivity contribution < 1.29 is 14.7 Å². The molecule has 6 heteroatoms. The van der Waals surface area contributed by atoms with E-state index in [-0.39, 0.29) is 12.6 Å². The van der Waals surface area contributed by atoms with Crippen LogP contribution in [0.1, 0.15) is 9.75 Å². The molecule has 88 valence electrons. The van der Waals surface area contributed by atoms with Crippen molar-refractivity contribution in [3.05, 3.63) is 21.9 Å². The van der Waals surface area contributed by atoms with E-state index in [0.717, 1.165) is 9.78 Å². The molecule has 0 bridgehead atoms. The van der Waals surface area contributed by atoms with Gasteiger partial charge >= 0.3 is 12.0 Å². The second-order valence-electron chi connectivity index (χ2n) is 3.42. The minimum absolute atomic E-state index is 0.296. The largest absolute Gasteiger partial charge is 0.480 e. The van der Waals surface area contributed by atoms with Gasteiger partial charge in [-0.05, 0) is 19.1 Å². The molecule has 1 aromatic rings. The van der Waals surface area contributed by atoms with E-state index in [0.29, 0.717) is 6.54 Å². The molecule has 0 saturated carbocycles. The van der Waals surface area contributed by atoms with Gasteiger partial charge in [0.15, 0.2) is 0 Å². The van der Waals surface area contributed by atoms with Crippen LogP contribution in [0.25, 0.3) is 0 Å². The SMILES string of the molecule is Cc1ccc(CNC(=O)N(C)CC(=O)O)s1. The third kappa shape index (κ3) is 3.90. The quantitative estimate of drug-likeness (QED) is 0.835. The minimum atomic E-state index is -1.02. The van der Waals surface area contributed by atoms with Gasteiger partial charge in [0.2, 0.25) is 0 Å². The lowest BCUT2D eigenvalue weighted by Gasteiger charge is -2.14. The van der Waals surface area contributed by atoms with Gasteiger partial charge in [0.1, 0.15) is 6.54 Å². The topological polar surface area (TPSA) is 69.6 Å². The van der Waals surface area contributed by atoms with Crippen LogP contribution in [-0.2, 0) is 11.3 Å². The van der Waals surface area contributed by atoms with Gasteiger partial charge in [-0.3, -0.25) is 4.79 Å². The molecule has 1 rings (SSSR count). The lowest BCUT2D eigenvalue weighted by Crippen LogP contribution is -2.39. The van der Waals surface area contributed by atoms with Crippen molar-refractivity contribution in [2.45, 2.75) is 13.5 Å². The van der Waals surface area contributed by atoms with Gasteiger partial charge in [0, 0.05) is 16.8 Å². The molecule has 0 aliphatic carbocycles. The van der Waals surface area contributed by atoms with Crippen LogP contribution in [-0.4, -0.2) is 35.6 Å². The van der Waals surface area contributed by atoms with E-state index in [1.807, 2.05) is 19.1 Å². The molecule has 0 fully saturated rings. The third-order valence-electron chi connectivity index (χ3n) is 1.93. The smallest absolute Gasteiger partial charge is 0.323 e. The fourth-order valence-corrected chi connectivity index (χ4v) is 1.98. The molecule has 0 saturated heterocycles. The molecule has 1 heterocycles. The van der Waals surface area contributed by atoms with Crippen LogP contribution in [0.3, 0.4) is 0 Å². The van der Waals surface area contributed by atoms with Gasteiger partial charge < -0.3 is 15.3 Å². The summed E-state index contributed by atoms with van der Waals surface area (Å²) in [6, 6.07) is 3.54. The summed E-state index contributed by atoms with van der Waals surface area (Å²) in [5.74, 6) is -1.02. The van der Waals surface area contributed by atoms with Crippen LogP contribution >= 0.6 is 11.3 Å². The van der Waals surface area contributed by atoms with Crippen LogP contribution in [0, 0.1) is 6.92 Å². The number of carboxylic acids is 1. The number of hydrogen-bond donors (Lipinski definition) is 2. The highest BCUT2D eigenvalue weighted by Crippen LogP contribution is 2.14. The van der Waals surface area contributed by atoms with Crippen molar-refractivity contribution in [2.75, 3.05) is 13.6 Å². The number of carbonyl (C=O) groups is 2. The lowest BCUT2D eigenvalue weighted by molar-refractivity contribution is -0.137. The molecule has 2 amide bonds. The summed E-state index contributed by atoms with van der Waals surface area (Å²) in [4.78, 5) is 25.1. The second kappa shape index (κ2) is 5.50. The maximum absolute atomic E-state index is 11.4. The number of amides is 2. The maximum Gasteiger partial charge on any atom is 0.323 e. The van der Waals surface area contributed by atoms with Gasteiger partial charge in [-0.2, -0.15) is 0 Å². The Labute approximate surface area is 97.7 Å². The number of nitrogens with one attached hydrogen (secondary N) is 1. The standard InChI is InChI=1S/C10H14N2O3S/c1-7-3-4-8(16-7)5-11-10(15)12(2)6-9(13)14/h3-4H,5-6H2,1-2H3,(H,11,15)(H,13,14). The third-order valence-corrected chi connectivity index (χ3v) is 2.93. The first-order chi connectivity index (χ1) is 7.49. The van der Waals surface area contributed by atoms with Crippen molar-refractivity contribution in [3.8, 4) is 0 Å². The first-order valence-corrected chi connectivity index (χ1v) is 5.56. The number of thiophene rings is 1. The molecule has 0 aliphatic heterocycles. The highest BCUT2D eigenvalue weighted by atomic mass is 32.1. The van der Waals surface area contributed by atoms with Crippen molar-refractivity contribution in [1.82, 2.24) is 10.2 Å². The Morgan fingerprint density at radius 1 is 1.50 bits per heavy atom. The molecule has 0 aromatic carbocycles. The molecule has 0 radical (unpaired) electrons. The van der Waals surface area contributed by atoms with Gasteiger partial charge in [0.25, 0.3) is 0 Å². The molecule has 2 N–H and O–H groups in total. The van der Waals surface area contributed by atoms with E-state index in [9.17, 15) is 9.59 Å². The zero-order valence-electron chi connectivity index (χ0n) is 9.19. The summed E-state index contributed by atoms with van der Waals surface area (Å²) >= 11 is 1.61. The van der Waals surface area contributed by atoms with Gasteiger partial charge in [-0.15, -0.1) is 11.3 Å². The molecule has 5 nitrogen and oxygen atoms in total. The molecular formula is C10H14N2O3S. The number of likely N-dealkylation sites (N-methyl/N-ethyl adjacent to an activating group) is 1. The Morgan fingerprint density at radius 3 is 2.69 bits per heavy atom. The monoisotopic (exact) mass is 242 g/mol. The second-order valence-corrected chi connectivity index (χ2v) is 4.79. The fraction of sp³-hybridized carbons (Fsp3) is 0.400. The molecule has 0 unspecified atom stereocenters. The van der Waals surface area contributed by atoms with E-state index in [1.165, 1.54) is 11.9 Å². The summed E-state index contributed by atoms with van der Waals surface area (Å²) in [5.41, 5.74) is 0. The number of urea groups is 1. The lowest BCUT2D eigenvalue weighted by atomic mass is 10.4. The zero-order valence-corrected chi connectivity index (χ0v) is 10.0. The average Bonchev–Trinajstić information content (AvgIpc) is 2.59. The van der Waals surface area contributed by atoms with E-state index in [1.54, 1.807) is 11.3 Å². The highest BCUT2D eigenvalue weighted by molar-refractivity contribution is 7.11. The van der Waals surface area contributed by atoms with E-state index < -0.39 is 5.97 Å². The number of carboxylic acid groups (broad SMARTS) is 1. The number of aliphatic carboxylic acids is 1. The highest BCUT2D eigenvalue weighted by Gasteiger charge is 2.11. The van der Waals surface area contributed by atoms with Gasteiger partial charge in [0.05, 0.1) is 6.54 Å². The van der Waals surface area contributed by atoms with Gasteiger partial charge in [-0.25, -0.2) is 4.79 Å². The van der Waals surface area contributed by atoms with E-state index >= 15 is 0 Å². The number of aryl methyl sites for hydroxylation is 1. The summed E-state index contributed by atoms with van der Waals surface area (Å²) in [6.45, 7) is 2.13. The Hall–Kier alpha value is -1.56. The predicted octanol–water partition coefficient (Wildman–Crippen LogP) is 1.28. The Morgan fingerprint density at radius 2 is 2.19 bits per heavy atom. The van der Waals surface area contributed by atoms with Crippen LogP contribution < -0.4 is 5.32 Å². The number of carbonyl (C=O) groups excluding carboxylic acids is 1. The zero-order chi connectivity index (χ0) is 12.1. The van der Waals surface area contributed by atoms with Crippen molar-refractivity contribution in [1.29, 1.82) is 0 Å². The van der Waals surface area contributed by atoms with Gasteiger partial charge in [-0.1, -0.05) is 0 Å². The number of rotatable bonds is 4. The van der Waals surface area contributed by atoms with Crippen LogP contribution in [0.2, 0.25) is 0 Å². The average molecular weight is 242 g/mol. The molecule has 0 atom stereocenters. The molecule has 16 heavy (non-hydrogen) atoms. The fourth-order valence-electron chi connectivity index (χ4n) is 1.15. The van der Waals surface area contributed by atoms with Crippen LogP contribution in [0.4, 0.5) is 4.79 Å². The van der Waals surface area contributed by atoms with Crippen LogP contribution in [0.5, 0.6) is 0 Å². The first-order valence-electron chi connectivity index (χ1n) is 4.75. The van der Waals surface area contributed by atoms with Crippen molar-refractivity contribution >= 4 is 23.3 Å². The summed E-state index contributed by atoms with van der Waals surface area (Å²) < 4.78 is 0.